The molecule has 40 valence electrons. The summed E-state index contributed by atoms with van der Waals surface area (Å²) < 4.78 is 7.08. The zero-order valence-electron chi connectivity index (χ0n) is 5.16. The highest BCUT2D eigenvalue weighted by Gasteiger charge is 1.81. The normalized spacial score (nSPS) is 10.2. The van der Waals surface area contributed by atoms with Gasteiger partial charge in [-0.05, 0) is 12.1 Å². The molecule has 0 radical (unpaired) electrons. The monoisotopic (exact) mass is 108 g/mol. The van der Waals surface area contributed by atoms with Crippen LogP contribution in [0, 0.1) is 0 Å². The maximum atomic E-state index is 10.0. The molecule has 0 fully saturated rings. The number of hydrogen-bond donors (Lipinski definition) is 0. The third-order valence-corrected chi connectivity index (χ3v) is 0.739. The minimum atomic E-state index is 0.174. The fourth-order valence-corrected chi connectivity index (χ4v) is 0.402. The molecular formula is C6H5NO. The molecule has 0 saturated heterocycles. The predicted octanol–water partition coefficient (Wildman–Crippen LogP) is 0.894. The van der Waals surface area contributed by atoms with Gasteiger partial charge >= 0.3 is 0 Å². The smallest absolute Gasteiger partial charge is 0.168 e. The molecule has 8 heavy (non-hydrogen) atoms. The maximum Gasteiger partial charge on any atom is 0.168 e. The fraction of sp³-hybridized carbons (Fsp3) is 0. The minimum Gasteiger partial charge on any atom is -0.296 e. The lowest BCUT2D eigenvalue weighted by atomic mass is 10.4. The van der Waals surface area contributed by atoms with Crippen LogP contribution < -0.4 is 0 Å². The van der Waals surface area contributed by atoms with Gasteiger partial charge in [-0.1, -0.05) is 6.07 Å². The number of aldehydes is 1. The van der Waals surface area contributed by atoms with E-state index in [1.54, 1.807) is 6.07 Å². The van der Waals surface area contributed by atoms with Gasteiger partial charge in [-0.15, -0.1) is 0 Å². The third kappa shape index (κ3) is 0.904. The van der Waals surface area contributed by atoms with Crippen LogP contribution in [0.3, 0.4) is 0 Å². The summed E-state index contributed by atoms with van der Waals surface area (Å²) >= 11 is 0. The highest BCUT2D eigenvalue weighted by molar-refractivity contribution is 5.71. The number of carbonyl (C=O) groups is 1. The van der Waals surface area contributed by atoms with Crippen molar-refractivity contribution in [2.45, 2.75) is 0 Å². The summed E-state index contributed by atoms with van der Waals surface area (Å²) in [6.45, 7) is 0. The second-order valence-electron chi connectivity index (χ2n) is 1.28. The number of rotatable bonds is 1. The first kappa shape index (κ1) is 3.78. The van der Waals surface area contributed by atoms with Crippen LogP contribution in [0.25, 0.3) is 0 Å². The van der Waals surface area contributed by atoms with E-state index >= 15 is 0 Å². The van der Waals surface area contributed by atoms with Gasteiger partial charge in [0.1, 0.15) is 5.69 Å². The third-order valence-electron chi connectivity index (χ3n) is 0.739. The van der Waals surface area contributed by atoms with Crippen LogP contribution in [0.4, 0.5) is 0 Å². The van der Waals surface area contributed by atoms with Crippen LogP contribution in [0.2, 0.25) is 0 Å². The number of nitrogens with zero attached hydrogens (tertiary/aromatic N) is 1. The van der Waals surface area contributed by atoms with Crippen LogP contribution in [-0.2, 0) is 0 Å². The summed E-state index contributed by atoms with van der Waals surface area (Å²) in [5.74, 6) is 0. The zero-order chi connectivity index (χ0) is 6.69. The number of aromatic nitrogens is 1. The minimum absolute atomic E-state index is 0.174. The van der Waals surface area contributed by atoms with Gasteiger partial charge in [0.2, 0.25) is 0 Å². The molecule has 0 aliphatic rings. The van der Waals surface area contributed by atoms with E-state index < -0.39 is 0 Å². The zero-order valence-corrected chi connectivity index (χ0v) is 4.16. The summed E-state index contributed by atoms with van der Waals surface area (Å²) in [4.78, 5) is 13.7. The van der Waals surface area contributed by atoms with Crippen molar-refractivity contribution in [2.75, 3.05) is 0 Å². The summed E-state index contributed by atoms with van der Waals surface area (Å²) in [5, 5.41) is 0. The largest absolute Gasteiger partial charge is 0.296 e. The Bertz CT molecular complexity index is 224. The van der Waals surface area contributed by atoms with Crippen molar-refractivity contribution in [1.29, 1.82) is 0 Å². The molecule has 0 amide bonds. The Morgan fingerprint density at radius 2 is 2.62 bits per heavy atom. The van der Waals surface area contributed by atoms with E-state index in [1.165, 1.54) is 12.3 Å². The quantitative estimate of drug-likeness (QED) is 0.500. The first-order valence-electron chi connectivity index (χ1n) is 2.71. The Morgan fingerprint density at radius 1 is 1.75 bits per heavy atom. The van der Waals surface area contributed by atoms with Crippen LogP contribution >= 0.6 is 0 Å². The predicted molar refractivity (Wildman–Crippen MR) is 29.6 cm³/mol. The number of pyridine rings is 1. The average molecular weight is 108 g/mol. The van der Waals surface area contributed by atoms with Gasteiger partial charge in [-0.25, -0.2) is 0 Å². The fourth-order valence-electron chi connectivity index (χ4n) is 0.402. The van der Waals surface area contributed by atoms with Gasteiger partial charge in [0.15, 0.2) is 6.29 Å². The topological polar surface area (TPSA) is 30.0 Å². The van der Waals surface area contributed by atoms with E-state index in [2.05, 4.69) is 4.98 Å². The molecule has 0 aliphatic carbocycles. The van der Waals surface area contributed by atoms with E-state index in [1.807, 2.05) is 0 Å². The average Bonchev–Trinajstić information content (AvgIpc) is 1.89. The Labute approximate surface area is 48.6 Å². The van der Waals surface area contributed by atoms with Crippen LogP contribution in [0.15, 0.2) is 24.4 Å². The van der Waals surface area contributed by atoms with Crippen molar-refractivity contribution in [3.63, 3.8) is 0 Å². The first-order chi connectivity index (χ1) is 4.34. The lowest BCUT2D eigenvalue weighted by molar-refractivity contribution is 0.111. The Morgan fingerprint density at radius 3 is 3.12 bits per heavy atom. The van der Waals surface area contributed by atoms with Gasteiger partial charge in [0, 0.05) is 6.20 Å². The molecule has 1 rings (SSSR count). The van der Waals surface area contributed by atoms with Crippen LogP contribution in [-0.4, -0.2) is 11.3 Å². The summed E-state index contributed by atoms with van der Waals surface area (Å²) in [5.41, 5.74) is 0.192. The van der Waals surface area contributed by atoms with Crippen molar-refractivity contribution in [1.82, 2.24) is 4.98 Å². The highest BCUT2D eigenvalue weighted by Crippen LogP contribution is 1.85. The first-order valence-corrected chi connectivity index (χ1v) is 2.21. The molecular weight excluding hydrogens is 102 g/mol. The van der Waals surface area contributed by atoms with Crippen molar-refractivity contribution in [3.05, 3.63) is 30.1 Å². The number of hydrogen-bond acceptors (Lipinski definition) is 2. The van der Waals surface area contributed by atoms with Gasteiger partial charge < -0.3 is 0 Å². The lowest BCUT2D eigenvalue weighted by Crippen LogP contribution is -1.80. The molecule has 0 N–H and O–H groups in total. The molecule has 0 atom stereocenters. The summed E-state index contributed by atoms with van der Waals surface area (Å²) in [6, 6.07) is 3.32. The van der Waals surface area contributed by atoms with Crippen LogP contribution in [0.5, 0.6) is 0 Å². The molecule has 0 aromatic carbocycles. The highest BCUT2D eigenvalue weighted by atomic mass is 16.1. The number of carbonyl (C=O) groups excluding carboxylic acids is 1. The van der Waals surface area contributed by atoms with Gasteiger partial charge in [-0.3, -0.25) is 9.78 Å². The molecule has 2 heteroatoms. The van der Waals surface area contributed by atoms with Crippen LogP contribution in [0.1, 0.15) is 11.9 Å². The van der Waals surface area contributed by atoms with E-state index in [4.69, 9.17) is 1.37 Å². The van der Waals surface area contributed by atoms with E-state index in [0.29, 0.717) is 6.29 Å². The molecule has 0 saturated carbocycles. The second-order valence-corrected chi connectivity index (χ2v) is 1.28. The van der Waals surface area contributed by atoms with E-state index in [9.17, 15) is 4.79 Å². The van der Waals surface area contributed by atoms with Crippen molar-refractivity contribution >= 4 is 6.29 Å². The molecule has 2 nitrogen and oxygen atoms in total. The summed E-state index contributed by atoms with van der Waals surface area (Å²) in [7, 11) is 0. The van der Waals surface area contributed by atoms with Gasteiger partial charge in [-0.2, -0.15) is 0 Å². The Hall–Kier alpha value is -1.18. The van der Waals surface area contributed by atoms with Gasteiger partial charge in [0.05, 0.1) is 1.37 Å². The van der Waals surface area contributed by atoms with Crippen molar-refractivity contribution < 1.29 is 6.17 Å². The maximum absolute atomic E-state index is 10.0. The molecule has 0 spiro atoms. The SMILES string of the molecule is [2H]c1cccnc1C=O. The molecule has 0 aliphatic heterocycles. The Kier molecular flexibility index (Phi) is 1.04. The molecule has 1 heterocycles. The molecule has 1 aromatic heterocycles. The molecule has 0 unspecified atom stereocenters. The molecule has 1 aromatic rings. The molecule has 0 bridgehead atoms. The van der Waals surface area contributed by atoms with Crippen molar-refractivity contribution in [2.24, 2.45) is 0 Å². The van der Waals surface area contributed by atoms with E-state index in [-0.39, 0.29) is 11.7 Å². The second kappa shape index (κ2) is 2.21. The van der Waals surface area contributed by atoms with E-state index in [0.717, 1.165) is 0 Å². The Balaban J connectivity index is 3.15. The lowest BCUT2D eigenvalue weighted by Gasteiger charge is -1.81. The standard InChI is InChI=1S/C6H5NO/c8-5-6-3-1-2-4-7-6/h1-5H/i3D. The summed E-state index contributed by atoms with van der Waals surface area (Å²) in [6.07, 6.45) is 2.06. The van der Waals surface area contributed by atoms with Gasteiger partial charge in [0.25, 0.3) is 0 Å². The van der Waals surface area contributed by atoms with Crippen molar-refractivity contribution in [3.8, 4) is 0 Å².